The summed E-state index contributed by atoms with van der Waals surface area (Å²) in [6.07, 6.45) is -0.133. The van der Waals surface area contributed by atoms with E-state index in [4.69, 9.17) is 5.73 Å². The number of ether oxygens (including phenoxy) is 1. The van der Waals surface area contributed by atoms with Crippen molar-refractivity contribution in [2.24, 2.45) is 11.7 Å². The van der Waals surface area contributed by atoms with Crippen molar-refractivity contribution < 1.29 is 18.3 Å². The van der Waals surface area contributed by atoms with E-state index in [9.17, 15) is 13.6 Å². The van der Waals surface area contributed by atoms with Crippen LogP contribution in [-0.4, -0.2) is 24.5 Å². The van der Waals surface area contributed by atoms with Crippen molar-refractivity contribution in [3.05, 3.63) is 0 Å². The van der Waals surface area contributed by atoms with Crippen molar-refractivity contribution in [3.63, 3.8) is 0 Å². The summed E-state index contributed by atoms with van der Waals surface area (Å²) < 4.78 is 29.4. The fourth-order valence-electron chi connectivity index (χ4n) is 1.18. The summed E-state index contributed by atoms with van der Waals surface area (Å²) in [6.45, 7) is 1.88. The second kappa shape index (κ2) is 3.57. The number of esters is 1. The zero-order valence-corrected chi connectivity index (χ0v) is 7.43. The highest BCUT2D eigenvalue weighted by Gasteiger charge is 2.57. The first-order chi connectivity index (χ1) is 5.97. The summed E-state index contributed by atoms with van der Waals surface area (Å²) in [5.74, 6) is -3.93. The fraction of sp³-hybridized carbons (Fsp3) is 0.875. The Kier molecular flexibility index (Phi) is 2.85. The van der Waals surface area contributed by atoms with Crippen LogP contribution >= 0.6 is 0 Å². The van der Waals surface area contributed by atoms with Crippen LogP contribution in [0.25, 0.3) is 0 Å². The minimum Gasteiger partial charge on any atom is -0.465 e. The highest BCUT2D eigenvalue weighted by atomic mass is 19.3. The molecule has 2 N–H and O–H groups in total. The van der Waals surface area contributed by atoms with Gasteiger partial charge in [0.25, 0.3) is 5.92 Å². The lowest BCUT2D eigenvalue weighted by molar-refractivity contribution is -0.145. The maximum Gasteiger partial charge on any atom is 0.322 e. The predicted octanol–water partition coefficient (Wildman–Crippen LogP) is 0.922. The zero-order chi connectivity index (χ0) is 10.1. The molecule has 0 aromatic carbocycles. The van der Waals surface area contributed by atoms with E-state index in [1.54, 1.807) is 6.92 Å². The van der Waals surface area contributed by atoms with Crippen molar-refractivity contribution in [1.29, 1.82) is 0 Å². The van der Waals surface area contributed by atoms with Crippen LogP contribution in [0.2, 0.25) is 0 Å². The van der Waals surface area contributed by atoms with Crippen LogP contribution in [0.4, 0.5) is 8.78 Å². The van der Waals surface area contributed by atoms with Gasteiger partial charge in [-0.05, 0) is 13.3 Å². The van der Waals surface area contributed by atoms with Gasteiger partial charge in [-0.1, -0.05) is 0 Å². The monoisotopic (exact) mass is 193 g/mol. The summed E-state index contributed by atoms with van der Waals surface area (Å²) in [5.41, 5.74) is 5.36. The van der Waals surface area contributed by atoms with Crippen molar-refractivity contribution >= 4 is 5.97 Å². The third-order valence-corrected chi connectivity index (χ3v) is 2.08. The lowest BCUT2D eigenvalue weighted by Crippen LogP contribution is -2.33. The van der Waals surface area contributed by atoms with Crippen LogP contribution in [0.1, 0.15) is 19.8 Å². The highest BCUT2D eigenvalue weighted by Crippen LogP contribution is 2.50. The highest BCUT2D eigenvalue weighted by molar-refractivity contribution is 5.75. The Labute approximate surface area is 75.2 Å². The maximum absolute atomic E-state index is 12.4. The van der Waals surface area contributed by atoms with Gasteiger partial charge in [0.15, 0.2) is 0 Å². The molecule has 3 nitrogen and oxygen atoms in total. The Morgan fingerprint density at radius 3 is 2.69 bits per heavy atom. The van der Waals surface area contributed by atoms with Gasteiger partial charge in [-0.3, -0.25) is 4.79 Å². The average molecular weight is 193 g/mol. The summed E-state index contributed by atoms with van der Waals surface area (Å²) >= 11 is 0. The van der Waals surface area contributed by atoms with E-state index in [1.807, 2.05) is 0 Å². The molecule has 0 spiro atoms. The first-order valence-corrected chi connectivity index (χ1v) is 4.27. The second-order valence-corrected chi connectivity index (χ2v) is 3.26. The molecule has 13 heavy (non-hydrogen) atoms. The summed E-state index contributed by atoms with van der Waals surface area (Å²) in [5, 5.41) is 0. The molecule has 1 aliphatic carbocycles. The molecule has 0 amide bonds. The Morgan fingerprint density at radius 2 is 2.31 bits per heavy atom. The van der Waals surface area contributed by atoms with Crippen molar-refractivity contribution in [3.8, 4) is 0 Å². The van der Waals surface area contributed by atoms with Crippen molar-refractivity contribution in [1.82, 2.24) is 0 Å². The summed E-state index contributed by atoms with van der Waals surface area (Å²) in [4.78, 5) is 10.9. The SMILES string of the molecule is CCOC(=O)[C@H](N)CC1CC1(F)F. The molecule has 0 radical (unpaired) electrons. The molecule has 1 saturated carbocycles. The minimum absolute atomic E-state index is 0.0197. The zero-order valence-electron chi connectivity index (χ0n) is 7.43. The third kappa shape index (κ3) is 2.62. The molecule has 76 valence electrons. The molecule has 2 atom stereocenters. The van der Waals surface area contributed by atoms with E-state index in [1.165, 1.54) is 0 Å². The molecule has 1 aliphatic rings. The van der Waals surface area contributed by atoms with E-state index < -0.39 is 23.9 Å². The summed E-state index contributed by atoms with van der Waals surface area (Å²) in [7, 11) is 0. The minimum atomic E-state index is -2.61. The van der Waals surface area contributed by atoms with Gasteiger partial charge in [0.1, 0.15) is 6.04 Å². The molecule has 1 fully saturated rings. The molecule has 0 saturated heterocycles. The normalized spacial score (nSPS) is 26.6. The predicted molar refractivity (Wildman–Crippen MR) is 42.3 cm³/mol. The van der Waals surface area contributed by atoms with Gasteiger partial charge in [0, 0.05) is 12.3 Å². The van der Waals surface area contributed by atoms with E-state index in [-0.39, 0.29) is 19.4 Å². The van der Waals surface area contributed by atoms with Gasteiger partial charge >= 0.3 is 5.97 Å². The van der Waals surface area contributed by atoms with Gasteiger partial charge in [-0.25, -0.2) is 8.78 Å². The van der Waals surface area contributed by atoms with Gasteiger partial charge in [0.2, 0.25) is 0 Å². The molecule has 1 unspecified atom stereocenters. The number of carbonyl (C=O) groups is 1. The molecule has 0 heterocycles. The first-order valence-electron chi connectivity index (χ1n) is 4.27. The number of rotatable bonds is 4. The Bertz CT molecular complexity index is 208. The topological polar surface area (TPSA) is 52.3 Å². The molecule has 1 rings (SSSR count). The van der Waals surface area contributed by atoms with Gasteiger partial charge in [0.05, 0.1) is 6.61 Å². The molecule has 0 aliphatic heterocycles. The van der Waals surface area contributed by atoms with Crippen LogP contribution in [0.3, 0.4) is 0 Å². The van der Waals surface area contributed by atoms with E-state index in [2.05, 4.69) is 4.74 Å². The van der Waals surface area contributed by atoms with E-state index in [0.717, 1.165) is 0 Å². The summed E-state index contributed by atoms with van der Waals surface area (Å²) in [6, 6.07) is -0.904. The Morgan fingerprint density at radius 1 is 1.77 bits per heavy atom. The largest absolute Gasteiger partial charge is 0.465 e. The van der Waals surface area contributed by atoms with Gasteiger partial charge in [-0.2, -0.15) is 0 Å². The molecule has 0 aromatic rings. The number of carbonyl (C=O) groups excluding carboxylic acids is 1. The second-order valence-electron chi connectivity index (χ2n) is 3.26. The van der Waals surface area contributed by atoms with Crippen LogP contribution in [0.15, 0.2) is 0 Å². The third-order valence-electron chi connectivity index (χ3n) is 2.08. The molecule has 0 aromatic heterocycles. The van der Waals surface area contributed by atoms with E-state index in [0.29, 0.717) is 0 Å². The van der Waals surface area contributed by atoms with Crippen LogP contribution in [-0.2, 0) is 9.53 Å². The quantitative estimate of drug-likeness (QED) is 0.675. The van der Waals surface area contributed by atoms with Gasteiger partial charge in [-0.15, -0.1) is 0 Å². The lowest BCUT2D eigenvalue weighted by atomic mass is 10.1. The standard InChI is InChI=1S/C8H13F2NO2/c1-2-13-7(12)6(11)3-5-4-8(5,9)10/h5-6H,2-4,11H2,1H3/t5?,6-/m1/s1. The van der Waals surface area contributed by atoms with Crippen molar-refractivity contribution in [2.75, 3.05) is 6.61 Å². The average Bonchev–Trinajstić information content (AvgIpc) is 2.59. The van der Waals surface area contributed by atoms with E-state index >= 15 is 0 Å². The molecule has 5 heteroatoms. The number of hydrogen-bond acceptors (Lipinski definition) is 3. The number of halogens is 2. The molecular weight excluding hydrogens is 180 g/mol. The lowest BCUT2D eigenvalue weighted by Gasteiger charge is -2.09. The number of hydrogen-bond donors (Lipinski definition) is 1. The van der Waals surface area contributed by atoms with Crippen LogP contribution in [0, 0.1) is 5.92 Å². The number of nitrogens with two attached hydrogens (primary N) is 1. The fourth-order valence-corrected chi connectivity index (χ4v) is 1.18. The van der Waals surface area contributed by atoms with Gasteiger partial charge < -0.3 is 10.5 Å². The van der Waals surface area contributed by atoms with Crippen LogP contribution in [0.5, 0.6) is 0 Å². The first kappa shape index (κ1) is 10.4. The maximum atomic E-state index is 12.4. The number of alkyl halides is 2. The molecular formula is C8H13F2NO2. The molecule has 0 bridgehead atoms. The van der Waals surface area contributed by atoms with Crippen molar-refractivity contribution in [2.45, 2.75) is 31.7 Å². The van der Waals surface area contributed by atoms with Crippen LogP contribution < -0.4 is 5.73 Å². The smallest absolute Gasteiger partial charge is 0.322 e. The Hall–Kier alpha value is -0.710. The Balaban J connectivity index is 2.26.